The summed E-state index contributed by atoms with van der Waals surface area (Å²) in [6.45, 7) is 2.49. The zero-order valence-electron chi connectivity index (χ0n) is 16.5. The van der Waals surface area contributed by atoms with Crippen molar-refractivity contribution in [3.05, 3.63) is 100 Å². The summed E-state index contributed by atoms with van der Waals surface area (Å²) in [5, 5.41) is 3.44. The lowest BCUT2D eigenvalue weighted by Crippen LogP contribution is -2.27. The molecule has 1 saturated heterocycles. The summed E-state index contributed by atoms with van der Waals surface area (Å²) < 4.78 is 0. The molecule has 1 fully saturated rings. The Kier molecular flexibility index (Phi) is 6.11. The average molecular weight is 437 g/mol. The van der Waals surface area contributed by atoms with Crippen molar-refractivity contribution in [2.24, 2.45) is 0 Å². The minimum absolute atomic E-state index is 0.0503. The Morgan fingerprint density at radius 1 is 1.10 bits per heavy atom. The number of aryl methyl sites for hydroxylation is 1. The van der Waals surface area contributed by atoms with Crippen molar-refractivity contribution in [3.63, 3.8) is 0 Å². The summed E-state index contributed by atoms with van der Waals surface area (Å²) in [5.41, 5.74) is 4.29. The number of halogens is 1. The van der Waals surface area contributed by atoms with Gasteiger partial charge in [0.25, 0.3) is 5.91 Å². The third-order valence-electron chi connectivity index (χ3n) is 5.05. The van der Waals surface area contributed by atoms with Crippen molar-refractivity contribution < 1.29 is 9.59 Å². The van der Waals surface area contributed by atoms with Gasteiger partial charge in [0.1, 0.15) is 5.37 Å². The van der Waals surface area contributed by atoms with E-state index in [1.165, 1.54) is 0 Å². The number of rotatable bonds is 5. The number of anilines is 1. The van der Waals surface area contributed by atoms with Crippen LogP contribution in [-0.2, 0) is 11.3 Å². The standard InChI is InChI=1S/C24H21ClN2O2S/c1-16-7-12-20(13-21(16)25)26-23(29)18-8-10-19(11-9-18)24-27(22(28)15-30-24)14-17-5-3-2-4-6-17/h2-13,24H,14-15H2,1H3,(H,26,29)/t24-/m0/s1. The first-order chi connectivity index (χ1) is 14.5. The van der Waals surface area contributed by atoms with E-state index in [4.69, 9.17) is 11.6 Å². The predicted molar refractivity (Wildman–Crippen MR) is 123 cm³/mol. The Labute approximate surface area is 185 Å². The fourth-order valence-corrected chi connectivity index (χ4v) is 4.72. The molecule has 1 atom stereocenters. The highest BCUT2D eigenvalue weighted by molar-refractivity contribution is 8.00. The molecule has 0 radical (unpaired) electrons. The van der Waals surface area contributed by atoms with Gasteiger partial charge in [-0.1, -0.05) is 60.1 Å². The second-order valence-corrected chi connectivity index (χ2v) is 8.69. The first kappa shape index (κ1) is 20.5. The number of amides is 2. The van der Waals surface area contributed by atoms with E-state index in [1.54, 1.807) is 30.0 Å². The summed E-state index contributed by atoms with van der Waals surface area (Å²) in [4.78, 5) is 26.9. The normalized spacial score (nSPS) is 16.0. The van der Waals surface area contributed by atoms with Crippen LogP contribution in [0.1, 0.15) is 32.4 Å². The van der Waals surface area contributed by atoms with Crippen molar-refractivity contribution in [2.45, 2.75) is 18.8 Å². The molecule has 4 rings (SSSR count). The van der Waals surface area contributed by atoms with Gasteiger partial charge in [0.15, 0.2) is 0 Å². The highest BCUT2D eigenvalue weighted by atomic mass is 35.5. The molecular formula is C24H21ClN2O2S. The zero-order valence-corrected chi connectivity index (χ0v) is 18.0. The molecule has 6 heteroatoms. The molecule has 3 aromatic rings. The lowest BCUT2D eigenvalue weighted by Gasteiger charge is -2.24. The fourth-order valence-electron chi connectivity index (χ4n) is 3.35. The van der Waals surface area contributed by atoms with E-state index in [1.807, 2.05) is 66.4 Å². The molecule has 1 aliphatic heterocycles. The lowest BCUT2D eigenvalue weighted by molar-refractivity contribution is -0.128. The number of hydrogen-bond acceptors (Lipinski definition) is 3. The molecule has 0 spiro atoms. The van der Waals surface area contributed by atoms with E-state index in [2.05, 4.69) is 5.32 Å². The molecular weight excluding hydrogens is 416 g/mol. The second-order valence-electron chi connectivity index (χ2n) is 7.21. The van der Waals surface area contributed by atoms with Crippen LogP contribution in [0.25, 0.3) is 0 Å². The number of nitrogens with zero attached hydrogens (tertiary/aromatic N) is 1. The topological polar surface area (TPSA) is 49.4 Å². The molecule has 30 heavy (non-hydrogen) atoms. The first-order valence-electron chi connectivity index (χ1n) is 9.64. The van der Waals surface area contributed by atoms with Crippen LogP contribution < -0.4 is 5.32 Å². The van der Waals surface area contributed by atoms with Crippen LogP contribution in [0.15, 0.2) is 72.8 Å². The Hall–Kier alpha value is -2.76. The first-order valence-corrected chi connectivity index (χ1v) is 11.1. The predicted octanol–water partition coefficient (Wildman–Crippen LogP) is 5.67. The summed E-state index contributed by atoms with van der Waals surface area (Å²) in [5.74, 6) is 0.401. The number of thioether (sulfide) groups is 1. The average Bonchev–Trinajstić information content (AvgIpc) is 3.12. The molecule has 0 aliphatic carbocycles. The van der Waals surface area contributed by atoms with Gasteiger partial charge in [-0.3, -0.25) is 9.59 Å². The van der Waals surface area contributed by atoms with Gasteiger partial charge >= 0.3 is 0 Å². The maximum atomic E-state index is 12.6. The van der Waals surface area contributed by atoms with Crippen molar-refractivity contribution in [2.75, 3.05) is 11.1 Å². The molecule has 1 N–H and O–H groups in total. The third kappa shape index (κ3) is 4.53. The number of nitrogens with one attached hydrogen (secondary N) is 1. The quantitative estimate of drug-likeness (QED) is 0.560. The number of carbonyl (C=O) groups is 2. The molecule has 4 nitrogen and oxygen atoms in total. The molecule has 3 aromatic carbocycles. The van der Waals surface area contributed by atoms with Gasteiger partial charge in [-0.15, -0.1) is 11.8 Å². The van der Waals surface area contributed by atoms with E-state index in [0.29, 0.717) is 28.6 Å². The second kappa shape index (κ2) is 8.94. The molecule has 0 bridgehead atoms. The van der Waals surface area contributed by atoms with E-state index in [9.17, 15) is 9.59 Å². The highest BCUT2D eigenvalue weighted by Gasteiger charge is 2.32. The summed E-state index contributed by atoms with van der Waals surface area (Å²) in [6.07, 6.45) is 0. The molecule has 152 valence electrons. The number of carbonyl (C=O) groups excluding carboxylic acids is 2. The van der Waals surface area contributed by atoms with Crippen LogP contribution >= 0.6 is 23.4 Å². The van der Waals surface area contributed by atoms with Crippen molar-refractivity contribution >= 4 is 40.9 Å². The molecule has 0 aromatic heterocycles. The smallest absolute Gasteiger partial charge is 0.255 e. The Bertz CT molecular complexity index is 1070. The Morgan fingerprint density at radius 2 is 1.83 bits per heavy atom. The van der Waals surface area contributed by atoms with Gasteiger partial charge in [-0.05, 0) is 47.9 Å². The zero-order chi connectivity index (χ0) is 21.1. The van der Waals surface area contributed by atoms with Gasteiger partial charge in [-0.25, -0.2) is 0 Å². The molecule has 1 heterocycles. The van der Waals surface area contributed by atoms with E-state index >= 15 is 0 Å². The maximum Gasteiger partial charge on any atom is 0.255 e. The summed E-state index contributed by atoms with van der Waals surface area (Å²) >= 11 is 7.75. The van der Waals surface area contributed by atoms with Gasteiger partial charge in [0.2, 0.25) is 5.91 Å². The SMILES string of the molecule is Cc1ccc(NC(=O)c2ccc([C@@H]3SCC(=O)N3Cc3ccccc3)cc2)cc1Cl. The van der Waals surface area contributed by atoms with E-state index in [0.717, 1.165) is 16.7 Å². The summed E-state index contributed by atoms with van der Waals surface area (Å²) in [6, 6.07) is 22.9. The van der Waals surface area contributed by atoms with Gasteiger partial charge < -0.3 is 10.2 Å². The molecule has 0 saturated carbocycles. The minimum Gasteiger partial charge on any atom is -0.322 e. The van der Waals surface area contributed by atoms with Crippen LogP contribution in [-0.4, -0.2) is 22.5 Å². The maximum absolute atomic E-state index is 12.6. The van der Waals surface area contributed by atoms with Crippen LogP contribution in [0.3, 0.4) is 0 Å². The molecule has 0 unspecified atom stereocenters. The number of hydrogen-bond donors (Lipinski definition) is 1. The third-order valence-corrected chi connectivity index (χ3v) is 6.71. The van der Waals surface area contributed by atoms with Crippen LogP contribution in [0.2, 0.25) is 5.02 Å². The van der Waals surface area contributed by atoms with Crippen LogP contribution in [0, 0.1) is 6.92 Å². The van der Waals surface area contributed by atoms with Crippen molar-refractivity contribution in [1.29, 1.82) is 0 Å². The fraction of sp³-hybridized carbons (Fsp3) is 0.167. The van der Waals surface area contributed by atoms with Crippen LogP contribution in [0.5, 0.6) is 0 Å². The minimum atomic E-state index is -0.197. The van der Waals surface area contributed by atoms with E-state index < -0.39 is 0 Å². The van der Waals surface area contributed by atoms with Gasteiger partial charge in [0, 0.05) is 22.8 Å². The largest absolute Gasteiger partial charge is 0.322 e. The molecule has 1 aliphatic rings. The van der Waals surface area contributed by atoms with Crippen molar-refractivity contribution in [1.82, 2.24) is 4.90 Å². The summed E-state index contributed by atoms with van der Waals surface area (Å²) in [7, 11) is 0. The Balaban J connectivity index is 1.47. The lowest BCUT2D eigenvalue weighted by atomic mass is 10.1. The molecule has 2 amide bonds. The van der Waals surface area contributed by atoms with Crippen molar-refractivity contribution in [3.8, 4) is 0 Å². The van der Waals surface area contributed by atoms with E-state index in [-0.39, 0.29) is 17.2 Å². The van der Waals surface area contributed by atoms with Gasteiger partial charge in [0.05, 0.1) is 5.75 Å². The highest BCUT2D eigenvalue weighted by Crippen LogP contribution is 2.39. The Morgan fingerprint density at radius 3 is 2.53 bits per heavy atom. The number of benzene rings is 3. The van der Waals surface area contributed by atoms with Gasteiger partial charge in [-0.2, -0.15) is 0 Å². The van der Waals surface area contributed by atoms with Crippen LogP contribution in [0.4, 0.5) is 5.69 Å². The monoisotopic (exact) mass is 436 g/mol.